The molecule has 3 N–H and O–H groups in total. The summed E-state index contributed by atoms with van der Waals surface area (Å²) in [6.45, 7) is 4.26. The first-order chi connectivity index (χ1) is 9.02. The number of aliphatic carboxylic acids is 1. The number of carboxylic acids is 1. The van der Waals surface area contributed by atoms with E-state index in [2.05, 4.69) is 17.6 Å². The molecule has 0 bridgehead atoms. The molecule has 1 rings (SSSR count). The molecule has 110 valence electrons. The summed E-state index contributed by atoms with van der Waals surface area (Å²) < 4.78 is 0. The lowest BCUT2D eigenvalue weighted by atomic mass is 10.0. The van der Waals surface area contributed by atoms with Crippen LogP contribution in [0.15, 0.2) is 0 Å². The predicted molar refractivity (Wildman–Crippen MR) is 74.0 cm³/mol. The van der Waals surface area contributed by atoms with Crippen LogP contribution in [-0.4, -0.2) is 29.7 Å². The highest BCUT2D eigenvalue weighted by Crippen LogP contribution is 2.22. The van der Waals surface area contributed by atoms with E-state index in [9.17, 15) is 9.59 Å². The van der Waals surface area contributed by atoms with Crippen LogP contribution >= 0.6 is 0 Å². The van der Waals surface area contributed by atoms with Crippen LogP contribution in [0.5, 0.6) is 0 Å². The Hall–Kier alpha value is -1.26. The molecule has 0 aliphatic heterocycles. The summed E-state index contributed by atoms with van der Waals surface area (Å²) in [4.78, 5) is 22.6. The van der Waals surface area contributed by atoms with Gasteiger partial charge in [0.25, 0.3) is 0 Å². The van der Waals surface area contributed by atoms with Crippen LogP contribution in [0.1, 0.15) is 52.4 Å². The van der Waals surface area contributed by atoms with E-state index in [1.165, 1.54) is 6.42 Å². The van der Waals surface area contributed by atoms with E-state index in [4.69, 9.17) is 5.11 Å². The fourth-order valence-corrected chi connectivity index (χ4v) is 2.49. The van der Waals surface area contributed by atoms with Crippen LogP contribution in [-0.2, 0) is 4.79 Å². The molecule has 0 spiro atoms. The van der Waals surface area contributed by atoms with Gasteiger partial charge in [0.15, 0.2) is 0 Å². The lowest BCUT2D eigenvalue weighted by Gasteiger charge is -2.18. The van der Waals surface area contributed by atoms with Crippen molar-refractivity contribution < 1.29 is 14.7 Å². The molecular formula is C14H26N2O3. The Morgan fingerprint density at radius 2 is 2.00 bits per heavy atom. The summed E-state index contributed by atoms with van der Waals surface area (Å²) in [6.07, 6.45) is 6.10. The van der Waals surface area contributed by atoms with Crippen molar-refractivity contribution >= 4 is 12.0 Å². The Labute approximate surface area is 115 Å². The molecule has 5 nitrogen and oxygen atoms in total. The van der Waals surface area contributed by atoms with E-state index < -0.39 is 11.9 Å². The summed E-state index contributed by atoms with van der Waals surface area (Å²) in [5.74, 6) is -0.614. The van der Waals surface area contributed by atoms with E-state index in [1.54, 1.807) is 0 Å². The Morgan fingerprint density at radius 1 is 1.26 bits per heavy atom. The topological polar surface area (TPSA) is 78.4 Å². The fraction of sp³-hybridized carbons (Fsp3) is 0.857. The maximum absolute atomic E-state index is 11.7. The molecule has 1 aliphatic carbocycles. The zero-order chi connectivity index (χ0) is 14.3. The Balaban J connectivity index is 2.28. The van der Waals surface area contributed by atoms with E-state index in [0.717, 1.165) is 31.6 Å². The highest BCUT2D eigenvalue weighted by molar-refractivity contribution is 5.76. The smallest absolute Gasteiger partial charge is 0.315 e. The van der Waals surface area contributed by atoms with Gasteiger partial charge in [0.2, 0.25) is 0 Å². The van der Waals surface area contributed by atoms with Crippen molar-refractivity contribution in [1.29, 1.82) is 0 Å². The molecule has 1 fully saturated rings. The molecule has 0 aromatic rings. The van der Waals surface area contributed by atoms with Gasteiger partial charge in [-0.1, -0.05) is 26.7 Å². The van der Waals surface area contributed by atoms with Gasteiger partial charge in [-0.3, -0.25) is 4.79 Å². The van der Waals surface area contributed by atoms with Crippen molar-refractivity contribution in [2.45, 2.75) is 58.4 Å². The summed E-state index contributed by atoms with van der Waals surface area (Å²) in [7, 11) is 0. The zero-order valence-corrected chi connectivity index (χ0v) is 11.9. The lowest BCUT2D eigenvalue weighted by Crippen LogP contribution is -2.44. The van der Waals surface area contributed by atoms with Crippen LogP contribution < -0.4 is 10.6 Å². The van der Waals surface area contributed by atoms with Crippen molar-refractivity contribution in [1.82, 2.24) is 10.6 Å². The molecule has 1 saturated carbocycles. The van der Waals surface area contributed by atoms with E-state index >= 15 is 0 Å². The van der Waals surface area contributed by atoms with Gasteiger partial charge in [0, 0.05) is 12.6 Å². The van der Waals surface area contributed by atoms with Crippen molar-refractivity contribution in [2.24, 2.45) is 11.8 Å². The van der Waals surface area contributed by atoms with Gasteiger partial charge in [-0.05, 0) is 31.6 Å². The minimum atomic E-state index is -0.855. The molecule has 3 atom stereocenters. The third kappa shape index (κ3) is 5.94. The Kier molecular flexibility index (Phi) is 6.67. The number of hydrogen-bond acceptors (Lipinski definition) is 2. The summed E-state index contributed by atoms with van der Waals surface area (Å²) >= 11 is 0. The van der Waals surface area contributed by atoms with Crippen LogP contribution in [0.25, 0.3) is 0 Å². The molecule has 2 amide bonds. The Bertz CT molecular complexity index is 307. The van der Waals surface area contributed by atoms with Crippen molar-refractivity contribution in [3.63, 3.8) is 0 Å². The van der Waals surface area contributed by atoms with Crippen molar-refractivity contribution in [2.75, 3.05) is 6.54 Å². The highest BCUT2D eigenvalue weighted by Gasteiger charge is 2.19. The predicted octanol–water partition coefficient (Wildman–Crippen LogP) is 2.37. The molecule has 5 heteroatoms. The normalized spacial score (nSPS) is 25.2. The van der Waals surface area contributed by atoms with E-state index in [1.807, 2.05) is 6.92 Å². The quantitative estimate of drug-likeness (QED) is 0.671. The van der Waals surface area contributed by atoms with Crippen molar-refractivity contribution in [3.05, 3.63) is 0 Å². The van der Waals surface area contributed by atoms with E-state index in [-0.39, 0.29) is 18.6 Å². The number of carboxylic acid groups (broad SMARTS) is 1. The van der Waals surface area contributed by atoms with Crippen molar-refractivity contribution in [3.8, 4) is 0 Å². The van der Waals surface area contributed by atoms with E-state index in [0.29, 0.717) is 6.42 Å². The second-order valence-electron chi connectivity index (χ2n) is 5.61. The van der Waals surface area contributed by atoms with Gasteiger partial charge >= 0.3 is 12.0 Å². The number of rotatable bonds is 5. The lowest BCUT2D eigenvalue weighted by molar-refractivity contribution is -0.141. The van der Waals surface area contributed by atoms with Gasteiger partial charge in [-0.25, -0.2) is 4.79 Å². The van der Waals surface area contributed by atoms with Crippen LogP contribution in [0.3, 0.4) is 0 Å². The summed E-state index contributed by atoms with van der Waals surface area (Å²) in [5.41, 5.74) is 0. The first-order valence-electron chi connectivity index (χ1n) is 7.30. The third-order valence-electron chi connectivity index (χ3n) is 3.94. The SMILES string of the molecule is CCC(CNC(=O)NC1CCCC(C)CC1)C(=O)O. The summed E-state index contributed by atoms with van der Waals surface area (Å²) in [6, 6.07) is -0.00546. The second kappa shape index (κ2) is 8.02. The maximum Gasteiger partial charge on any atom is 0.315 e. The first-order valence-corrected chi connectivity index (χ1v) is 7.30. The minimum Gasteiger partial charge on any atom is -0.481 e. The molecule has 3 unspecified atom stereocenters. The standard InChI is InChI=1S/C14H26N2O3/c1-3-11(13(17)18)9-15-14(19)16-12-6-4-5-10(2)7-8-12/h10-12H,3-9H2,1-2H3,(H,17,18)(H2,15,16,19). The monoisotopic (exact) mass is 270 g/mol. The number of hydrogen-bond donors (Lipinski definition) is 3. The molecule has 0 saturated heterocycles. The number of carbonyl (C=O) groups is 2. The largest absolute Gasteiger partial charge is 0.481 e. The minimum absolute atomic E-state index is 0.195. The number of amides is 2. The highest BCUT2D eigenvalue weighted by atomic mass is 16.4. The van der Waals surface area contributed by atoms with Crippen LogP contribution in [0.4, 0.5) is 4.79 Å². The second-order valence-corrected chi connectivity index (χ2v) is 5.61. The van der Waals surface area contributed by atoms with Gasteiger partial charge in [0.05, 0.1) is 5.92 Å². The molecule has 0 aromatic heterocycles. The molecule has 1 aliphatic rings. The zero-order valence-electron chi connectivity index (χ0n) is 11.9. The van der Waals surface area contributed by atoms with Gasteiger partial charge < -0.3 is 15.7 Å². The molecule has 0 radical (unpaired) electrons. The number of urea groups is 1. The van der Waals surface area contributed by atoms with Crippen LogP contribution in [0.2, 0.25) is 0 Å². The molecular weight excluding hydrogens is 244 g/mol. The molecule has 0 heterocycles. The maximum atomic E-state index is 11.7. The fourth-order valence-electron chi connectivity index (χ4n) is 2.49. The van der Waals surface area contributed by atoms with Gasteiger partial charge in [-0.15, -0.1) is 0 Å². The van der Waals surface area contributed by atoms with Gasteiger partial charge in [0.1, 0.15) is 0 Å². The molecule has 19 heavy (non-hydrogen) atoms. The van der Waals surface area contributed by atoms with Crippen LogP contribution in [0, 0.1) is 11.8 Å². The average molecular weight is 270 g/mol. The summed E-state index contributed by atoms with van der Waals surface area (Å²) in [5, 5.41) is 14.5. The molecule has 0 aromatic carbocycles. The number of carbonyl (C=O) groups excluding carboxylic acids is 1. The third-order valence-corrected chi connectivity index (χ3v) is 3.94. The average Bonchev–Trinajstić information content (AvgIpc) is 2.55. The number of nitrogens with one attached hydrogen (secondary N) is 2. The van der Waals surface area contributed by atoms with Gasteiger partial charge in [-0.2, -0.15) is 0 Å². The Morgan fingerprint density at radius 3 is 2.63 bits per heavy atom. The first kappa shape index (κ1) is 15.8.